The first-order valence-corrected chi connectivity index (χ1v) is 13.0. The smallest absolute Gasteiger partial charge is 0.0579 e. The third-order valence-corrected chi connectivity index (χ3v) is 7.93. The maximum atomic E-state index is 6.52. The standard InChI is InChI=1S/C28H42O/c1-3-7-23(8-4-1)11-13-25-15-19-27(20-16-25)29-28-21-17-26(18-22-28)14-12-24-9-5-2-6-10-24/h23-28H,1-10,15-22H2. The summed E-state index contributed by atoms with van der Waals surface area (Å²) in [5.41, 5.74) is 0. The second kappa shape index (κ2) is 11.5. The van der Waals surface area contributed by atoms with Crippen LogP contribution in [0.5, 0.6) is 0 Å². The van der Waals surface area contributed by atoms with E-state index in [0.717, 1.165) is 0 Å². The van der Waals surface area contributed by atoms with E-state index in [9.17, 15) is 0 Å². The summed E-state index contributed by atoms with van der Waals surface area (Å²) in [6.07, 6.45) is 24.8. The molecule has 0 aromatic carbocycles. The van der Waals surface area contributed by atoms with Crippen molar-refractivity contribution in [1.82, 2.24) is 0 Å². The lowest BCUT2D eigenvalue weighted by Crippen LogP contribution is -2.29. The number of rotatable bonds is 2. The lowest BCUT2D eigenvalue weighted by molar-refractivity contribution is -0.0512. The van der Waals surface area contributed by atoms with Crippen LogP contribution in [0, 0.1) is 47.4 Å². The number of hydrogen-bond acceptors (Lipinski definition) is 1. The molecule has 1 nitrogen and oxygen atoms in total. The van der Waals surface area contributed by atoms with Crippen LogP contribution in [0.4, 0.5) is 0 Å². The molecular weight excluding hydrogens is 352 g/mol. The first-order valence-electron chi connectivity index (χ1n) is 13.0. The highest BCUT2D eigenvalue weighted by atomic mass is 16.5. The SMILES string of the molecule is C(#CC1CCC(OC2CCC(C#CC3CCCCC3)CC2)CC1)C1CCCCC1. The Morgan fingerprint density at radius 3 is 1.00 bits per heavy atom. The first kappa shape index (κ1) is 21.3. The molecule has 0 N–H and O–H groups in total. The quantitative estimate of drug-likeness (QED) is 0.447. The molecule has 0 saturated heterocycles. The molecule has 0 unspecified atom stereocenters. The highest BCUT2D eigenvalue weighted by molar-refractivity contribution is 5.10. The van der Waals surface area contributed by atoms with E-state index in [1.165, 1.54) is 116 Å². The van der Waals surface area contributed by atoms with Crippen LogP contribution in [0.3, 0.4) is 0 Å². The highest BCUT2D eigenvalue weighted by Crippen LogP contribution is 2.32. The Labute approximate surface area is 180 Å². The molecule has 0 aliphatic heterocycles. The van der Waals surface area contributed by atoms with E-state index in [4.69, 9.17) is 4.74 Å². The van der Waals surface area contributed by atoms with Gasteiger partial charge in [0.1, 0.15) is 0 Å². The maximum Gasteiger partial charge on any atom is 0.0579 e. The van der Waals surface area contributed by atoms with Crippen molar-refractivity contribution in [2.45, 2.75) is 128 Å². The molecule has 0 atom stereocenters. The van der Waals surface area contributed by atoms with Crippen molar-refractivity contribution in [2.24, 2.45) is 23.7 Å². The van der Waals surface area contributed by atoms with Gasteiger partial charge < -0.3 is 4.74 Å². The van der Waals surface area contributed by atoms with Crippen molar-refractivity contribution in [3.05, 3.63) is 0 Å². The second-order valence-corrected chi connectivity index (χ2v) is 10.3. The van der Waals surface area contributed by atoms with Crippen LogP contribution in [0.1, 0.15) is 116 Å². The summed E-state index contributed by atoms with van der Waals surface area (Å²) in [6, 6.07) is 0. The lowest BCUT2D eigenvalue weighted by atomic mass is 9.84. The predicted octanol–water partition coefficient (Wildman–Crippen LogP) is 7.29. The molecule has 29 heavy (non-hydrogen) atoms. The topological polar surface area (TPSA) is 9.23 Å². The van der Waals surface area contributed by atoms with Crippen molar-refractivity contribution in [2.75, 3.05) is 0 Å². The summed E-state index contributed by atoms with van der Waals surface area (Å²) in [6.45, 7) is 0. The Balaban J connectivity index is 1.12. The Bertz CT molecular complexity index is 532. The van der Waals surface area contributed by atoms with Gasteiger partial charge >= 0.3 is 0 Å². The molecule has 0 aromatic rings. The zero-order valence-electron chi connectivity index (χ0n) is 18.6. The van der Waals surface area contributed by atoms with E-state index in [0.29, 0.717) is 35.9 Å². The zero-order valence-corrected chi connectivity index (χ0v) is 18.6. The minimum absolute atomic E-state index is 0.498. The van der Waals surface area contributed by atoms with Gasteiger partial charge in [-0.15, -0.1) is 0 Å². The maximum absolute atomic E-state index is 6.52. The van der Waals surface area contributed by atoms with Crippen LogP contribution < -0.4 is 0 Å². The van der Waals surface area contributed by atoms with Gasteiger partial charge in [0.05, 0.1) is 12.2 Å². The van der Waals surface area contributed by atoms with Gasteiger partial charge in [0.25, 0.3) is 0 Å². The first-order chi connectivity index (χ1) is 14.3. The van der Waals surface area contributed by atoms with Gasteiger partial charge in [0.15, 0.2) is 0 Å². The molecule has 4 saturated carbocycles. The normalized spacial score (nSPS) is 34.5. The van der Waals surface area contributed by atoms with E-state index in [1.54, 1.807) is 0 Å². The zero-order chi connectivity index (χ0) is 19.7. The summed E-state index contributed by atoms with van der Waals surface area (Å²) in [5, 5.41) is 0. The molecule has 4 aliphatic carbocycles. The van der Waals surface area contributed by atoms with Gasteiger partial charge in [0.2, 0.25) is 0 Å². The van der Waals surface area contributed by atoms with Crippen LogP contribution in [0.15, 0.2) is 0 Å². The molecule has 0 heterocycles. The summed E-state index contributed by atoms with van der Waals surface area (Å²) in [4.78, 5) is 0. The molecule has 0 aromatic heterocycles. The predicted molar refractivity (Wildman–Crippen MR) is 121 cm³/mol. The van der Waals surface area contributed by atoms with Crippen molar-refractivity contribution >= 4 is 0 Å². The van der Waals surface area contributed by atoms with Crippen LogP contribution in [0.25, 0.3) is 0 Å². The van der Waals surface area contributed by atoms with Gasteiger partial charge in [-0.25, -0.2) is 0 Å². The van der Waals surface area contributed by atoms with Crippen molar-refractivity contribution in [1.29, 1.82) is 0 Å². The Hall–Kier alpha value is -0.920. The average Bonchev–Trinajstić information content (AvgIpc) is 2.80. The molecule has 4 aliphatic rings. The fourth-order valence-corrected chi connectivity index (χ4v) is 5.92. The minimum atomic E-state index is 0.498. The Morgan fingerprint density at radius 2 is 0.655 bits per heavy atom. The third kappa shape index (κ3) is 7.07. The van der Waals surface area contributed by atoms with Crippen molar-refractivity contribution < 1.29 is 4.74 Å². The second-order valence-electron chi connectivity index (χ2n) is 10.3. The Kier molecular flexibility index (Phi) is 8.43. The molecule has 4 rings (SSSR count). The van der Waals surface area contributed by atoms with E-state index in [-0.39, 0.29) is 0 Å². The molecule has 0 bridgehead atoms. The lowest BCUT2D eigenvalue weighted by Gasteiger charge is -2.33. The third-order valence-electron chi connectivity index (χ3n) is 7.93. The van der Waals surface area contributed by atoms with Gasteiger partial charge in [-0.1, -0.05) is 62.2 Å². The molecule has 0 amide bonds. The summed E-state index contributed by atoms with van der Waals surface area (Å²) >= 11 is 0. The molecule has 160 valence electrons. The van der Waals surface area contributed by atoms with Crippen LogP contribution >= 0.6 is 0 Å². The largest absolute Gasteiger partial charge is 0.375 e. The molecule has 1 heteroatoms. The van der Waals surface area contributed by atoms with Crippen molar-refractivity contribution in [3.8, 4) is 23.7 Å². The number of hydrogen-bond donors (Lipinski definition) is 0. The summed E-state index contributed by atoms with van der Waals surface area (Å²) in [7, 11) is 0. The molecular formula is C28H42O. The van der Waals surface area contributed by atoms with Crippen LogP contribution in [-0.2, 0) is 4.74 Å². The van der Waals surface area contributed by atoms with E-state index >= 15 is 0 Å². The minimum Gasteiger partial charge on any atom is -0.375 e. The van der Waals surface area contributed by atoms with Gasteiger partial charge in [0, 0.05) is 23.7 Å². The van der Waals surface area contributed by atoms with Gasteiger partial charge in [-0.05, 0) is 77.0 Å². The highest BCUT2D eigenvalue weighted by Gasteiger charge is 2.26. The molecule has 0 radical (unpaired) electrons. The summed E-state index contributed by atoms with van der Waals surface area (Å²) in [5.74, 6) is 17.2. The van der Waals surface area contributed by atoms with Crippen molar-refractivity contribution in [3.63, 3.8) is 0 Å². The van der Waals surface area contributed by atoms with Gasteiger partial charge in [-0.3, -0.25) is 0 Å². The van der Waals surface area contributed by atoms with Gasteiger partial charge in [-0.2, -0.15) is 0 Å². The van der Waals surface area contributed by atoms with Crippen LogP contribution in [0.2, 0.25) is 0 Å². The number of ether oxygens (including phenoxy) is 1. The monoisotopic (exact) mass is 394 g/mol. The molecule has 4 fully saturated rings. The Morgan fingerprint density at radius 1 is 0.345 bits per heavy atom. The van der Waals surface area contributed by atoms with Crippen LogP contribution in [-0.4, -0.2) is 12.2 Å². The van der Waals surface area contributed by atoms with E-state index in [1.807, 2.05) is 0 Å². The fraction of sp³-hybridized carbons (Fsp3) is 0.857. The average molecular weight is 395 g/mol. The summed E-state index contributed by atoms with van der Waals surface area (Å²) < 4.78 is 6.52. The molecule has 0 spiro atoms. The fourth-order valence-electron chi connectivity index (χ4n) is 5.92. The van der Waals surface area contributed by atoms with E-state index in [2.05, 4.69) is 23.7 Å². The van der Waals surface area contributed by atoms with E-state index < -0.39 is 0 Å².